The standard InChI is InChI=1S/5HI.Na.H/h5*1H;;. The average Bonchev–Trinajstić information content (AvgIpc) is 0. The summed E-state index contributed by atoms with van der Waals surface area (Å²) in [6.45, 7) is 0. The summed E-state index contributed by atoms with van der Waals surface area (Å²) in [4.78, 5) is 0. The Morgan fingerprint density at radius 1 is 0.333 bits per heavy atom. The Hall–Kier alpha value is 4.65. The molecule has 42 valence electrons. The monoisotopic (exact) mass is 664 g/mol. The number of hydrogen-bond acceptors (Lipinski definition) is 0. The Balaban J connectivity index is 0. The van der Waals surface area contributed by atoms with Crippen LogP contribution in [-0.2, 0) is 0 Å². The van der Waals surface area contributed by atoms with Crippen LogP contribution in [0.2, 0.25) is 0 Å². The van der Waals surface area contributed by atoms with Gasteiger partial charge in [0.05, 0.1) is 0 Å². The molecule has 6 heavy (non-hydrogen) atoms. The number of rotatable bonds is 0. The maximum absolute atomic E-state index is 0. The molecular weight excluding hydrogens is 658 g/mol. The van der Waals surface area contributed by atoms with E-state index < -0.39 is 0 Å². The molecule has 0 aromatic carbocycles. The third-order valence-electron chi connectivity index (χ3n) is 0. The predicted octanol–water partition coefficient (Wildman–Crippen LogP) is 2.44. The normalized spacial score (nSPS) is 0. The van der Waals surface area contributed by atoms with Gasteiger partial charge in [0, 0.05) is 0 Å². The van der Waals surface area contributed by atoms with Crippen molar-refractivity contribution in [3.8, 4) is 0 Å². The van der Waals surface area contributed by atoms with Crippen LogP contribution >= 0.6 is 120 Å². The summed E-state index contributed by atoms with van der Waals surface area (Å²) in [5.41, 5.74) is 0. The van der Waals surface area contributed by atoms with Crippen LogP contribution in [0.15, 0.2) is 0 Å². The van der Waals surface area contributed by atoms with Crippen molar-refractivity contribution in [1.29, 1.82) is 0 Å². The maximum atomic E-state index is 0. The molecule has 0 aliphatic heterocycles. The summed E-state index contributed by atoms with van der Waals surface area (Å²) in [5, 5.41) is 0. The van der Waals surface area contributed by atoms with Crippen molar-refractivity contribution in [3.05, 3.63) is 0 Å². The Morgan fingerprint density at radius 3 is 0.333 bits per heavy atom. The van der Waals surface area contributed by atoms with Crippen LogP contribution < -0.4 is 0 Å². The molecule has 0 unspecified atom stereocenters. The van der Waals surface area contributed by atoms with Crippen molar-refractivity contribution >= 4 is 149 Å². The molecule has 0 aliphatic carbocycles. The summed E-state index contributed by atoms with van der Waals surface area (Å²) in [5.74, 6) is 0. The molecule has 0 spiro atoms. The van der Waals surface area contributed by atoms with Crippen LogP contribution in [0.25, 0.3) is 0 Å². The van der Waals surface area contributed by atoms with Crippen LogP contribution in [0.4, 0.5) is 0 Å². The van der Waals surface area contributed by atoms with Crippen molar-refractivity contribution < 1.29 is 0 Å². The Kier molecular flexibility index (Phi) is 255. The number of halogens is 5. The second-order valence-corrected chi connectivity index (χ2v) is 0. The van der Waals surface area contributed by atoms with Gasteiger partial charge in [0.1, 0.15) is 0 Å². The van der Waals surface area contributed by atoms with Gasteiger partial charge in [-0.25, -0.2) is 0 Å². The Bertz CT molecular complexity index is 3.90. The van der Waals surface area contributed by atoms with Crippen LogP contribution in [0.1, 0.15) is 0 Å². The van der Waals surface area contributed by atoms with E-state index in [9.17, 15) is 0 Å². The van der Waals surface area contributed by atoms with Crippen molar-refractivity contribution in [3.63, 3.8) is 0 Å². The van der Waals surface area contributed by atoms with Gasteiger partial charge in [-0.05, 0) is 0 Å². The molecule has 0 fully saturated rings. The van der Waals surface area contributed by atoms with Gasteiger partial charge < -0.3 is 0 Å². The van der Waals surface area contributed by atoms with Crippen LogP contribution in [0.3, 0.4) is 0 Å². The third kappa shape index (κ3) is 23.4. The van der Waals surface area contributed by atoms with E-state index in [1.165, 1.54) is 0 Å². The summed E-state index contributed by atoms with van der Waals surface area (Å²) in [6, 6.07) is 0. The van der Waals surface area contributed by atoms with E-state index in [0.29, 0.717) is 0 Å². The molecule has 0 atom stereocenters. The van der Waals surface area contributed by atoms with E-state index in [1.807, 2.05) is 0 Å². The molecule has 0 rings (SSSR count). The minimum absolute atomic E-state index is 0. The summed E-state index contributed by atoms with van der Waals surface area (Å²) in [7, 11) is 0. The molecule has 0 N–H and O–H groups in total. The molecule has 0 bridgehead atoms. The fraction of sp³-hybridized carbons (Fsp3) is 0. The summed E-state index contributed by atoms with van der Waals surface area (Å²) >= 11 is 0. The Morgan fingerprint density at radius 2 is 0.333 bits per heavy atom. The van der Waals surface area contributed by atoms with Crippen molar-refractivity contribution in [2.75, 3.05) is 0 Å². The molecule has 0 aromatic rings. The molecule has 0 heterocycles. The molecular formula is H6I5Na. The van der Waals surface area contributed by atoms with Crippen molar-refractivity contribution in [2.45, 2.75) is 0 Å². The third-order valence-corrected chi connectivity index (χ3v) is 0. The van der Waals surface area contributed by atoms with Crippen molar-refractivity contribution in [1.82, 2.24) is 0 Å². The first-order chi connectivity index (χ1) is 0. The quantitative estimate of drug-likeness (QED) is 0.276. The molecule has 6 heteroatoms. The van der Waals surface area contributed by atoms with E-state index in [4.69, 9.17) is 0 Å². The van der Waals surface area contributed by atoms with E-state index in [-0.39, 0.29) is 149 Å². The van der Waals surface area contributed by atoms with Gasteiger partial charge in [0.15, 0.2) is 0 Å². The zero-order chi connectivity index (χ0) is 0. The second-order valence-electron chi connectivity index (χ2n) is 0. The van der Waals surface area contributed by atoms with E-state index in [2.05, 4.69) is 0 Å². The van der Waals surface area contributed by atoms with Gasteiger partial charge in [-0.2, -0.15) is 0 Å². The van der Waals surface area contributed by atoms with Gasteiger partial charge in [0.2, 0.25) is 0 Å². The fourth-order valence-electron chi connectivity index (χ4n) is 0. The van der Waals surface area contributed by atoms with Gasteiger partial charge in [-0.15, -0.1) is 120 Å². The topological polar surface area (TPSA) is 0 Å². The fourth-order valence-corrected chi connectivity index (χ4v) is 0. The zero-order valence-corrected chi connectivity index (χ0v) is 13.7. The Labute approximate surface area is 146 Å². The van der Waals surface area contributed by atoms with Gasteiger partial charge >= 0.3 is 29.6 Å². The van der Waals surface area contributed by atoms with Gasteiger partial charge in [0.25, 0.3) is 0 Å². The number of hydrogen-bond donors (Lipinski definition) is 0. The van der Waals surface area contributed by atoms with Crippen LogP contribution in [0.5, 0.6) is 0 Å². The predicted molar refractivity (Wildman–Crippen MR) is 84.2 cm³/mol. The first kappa shape index (κ1) is 45.9. The van der Waals surface area contributed by atoms with E-state index in [0.717, 1.165) is 0 Å². The first-order valence-electron chi connectivity index (χ1n) is 0. The molecule has 0 aromatic heterocycles. The summed E-state index contributed by atoms with van der Waals surface area (Å²) in [6.07, 6.45) is 0. The van der Waals surface area contributed by atoms with E-state index in [1.54, 1.807) is 0 Å². The van der Waals surface area contributed by atoms with Gasteiger partial charge in [-0.3, -0.25) is 0 Å². The SMILES string of the molecule is I.I.I.I.I.[NaH]. The molecule has 0 radical (unpaired) electrons. The zero-order valence-electron chi connectivity index (χ0n) is 2.04. The first-order valence-corrected chi connectivity index (χ1v) is 0. The average molecular weight is 664 g/mol. The second kappa shape index (κ2) is 33.4. The summed E-state index contributed by atoms with van der Waals surface area (Å²) < 4.78 is 0. The molecule has 0 amide bonds. The van der Waals surface area contributed by atoms with Crippen LogP contribution in [0, 0.1) is 0 Å². The van der Waals surface area contributed by atoms with Gasteiger partial charge in [-0.1, -0.05) is 0 Å². The molecule has 0 saturated heterocycles. The van der Waals surface area contributed by atoms with E-state index >= 15 is 0 Å². The molecule has 0 nitrogen and oxygen atoms in total. The molecule has 0 saturated carbocycles. The minimum atomic E-state index is 0. The van der Waals surface area contributed by atoms with Crippen LogP contribution in [-0.4, -0.2) is 29.6 Å². The van der Waals surface area contributed by atoms with Crippen molar-refractivity contribution in [2.24, 2.45) is 0 Å². The molecule has 0 aliphatic rings.